The Morgan fingerprint density at radius 2 is 2.00 bits per heavy atom. The number of fused-ring (bicyclic) bond motifs is 1. The van der Waals surface area contributed by atoms with Gasteiger partial charge >= 0.3 is 0 Å². The zero-order valence-corrected chi connectivity index (χ0v) is 13.3. The predicted octanol–water partition coefficient (Wildman–Crippen LogP) is 2.99. The second kappa shape index (κ2) is 6.80. The summed E-state index contributed by atoms with van der Waals surface area (Å²) in [6.07, 6.45) is 0. The Morgan fingerprint density at radius 3 is 2.62 bits per heavy atom. The summed E-state index contributed by atoms with van der Waals surface area (Å²) in [5, 5.41) is 4.88. The van der Waals surface area contributed by atoms with Gasteiger partial charge in [-0.3, -0.25) is 9.59 Å². The van der Waals surface area contributed by atoms with E-state index in [4.69, 9.17) is 0 Å². The molecule has 112 valence electrons. The van der Waals surface area contributed by atoms with Crippen molar-refractivity contribution in [1.29, 1.82) is 0 Å². The molecular formula is C16H20N2O2S. The van der Waals surface area contributed by atoms with E-state index in [0.717, 1.165) is 15.9 Å². The Labute approximate surface area is 128 Å². The summed E-state index contributed by atoms with van der Waals surface area (Å²) in [4.78, 5) is 26.7. The highest BCUT2D eigenvalue weighted by Crippen LogP contribution is 2.22. The smallest absolute Gasteiger partial charge is 0.231 e. The Kier molecular flexibility index (Phi) is 5.07. The number of aromatic amines is 1. The molecule has 0 aliphatic heterocycles. The van der Waals surface area contributed by atoms with Crippen molar-refractivity contribution in [1.82, 2.24) is 10.3 Å². The first-order valence-corrected chi connectivity index (χ1v) is 7.96. The van der Waals surface area contributed by atoms with Gasteiger partial charge in [-0.1, -0.05) is 43.8 Å². The number of rotatable bonds is 6. The van der Waals surface area contributed by atoms with Crippen LogP contribution in [0.1, 0.15) is 20.8 Å². The molecule has 5 heteroatoms. The minimum atomic E-state index is -0.402. The molecule has 0 spiro atoms. The van der Waals surface area contributed by atoms with Crippen molar-refractivity contribution in [2.75, 3.05) is 5.75 Å². The van der Waals surface area contributed by atoms with Gasteiger partial charge in [-0.15, -0.1) is 0 Å². The third-order valence-electron chi connectivity index (χ3n) is 3.29. The fourth-order valence-corrected chi connectivity index (χ4v) is 2.98. The lowest BCUT2D eigenvalue weighted by atomic mass is 10.0. The Morgan fingerprint density at radius 1 is 1.29 bits per heavy atom. The van der Waals surface area contributed by atoms with E-state index in [0.29, 0.717) is 5.75 Å². The minimum Gasteiger partial charge on any atom is -0.350 e. The topological polar surface area (TPSA) is 62.0 Å². The number of carbonyl (C=O) groups is 2. The first kappa shape index (κ1) is 15.6. The van der Waals surface area contributed by atoms with Gasteiger partial charge in [0.15, 0.2) is 5.78 Å². The minimum absolute atomic E-state index is 0.00559. The fraction of sp³-hybridized carbons (Fsp3) is 0.375. The molecule has 1 aromatic carbocycles. The van der Waals surface area contributed by atoms with Crippen LogP contribution in [0.4, 0.5) is 0 Å². The maximum absolute atomic E-state index is 12.0. The highest BCUT2D eigenvalue weighted by molar-refractivity contribution is 7.99. The van der Waals surface area contributed by atoms with Crippen LogP contribution in [0.25, 0.3) is 10.9 Å². The number of benzene rings is 1. The number of aromatic nitrogens is 1. The van der Waals surface area contributed by atoms with Crippen LogP contribution in [0.5, 0.6) is 0 Å². The van der Waals surface area contributed by atoms with Crippen molar-refractivity contribution < 1.29 is 9.59 Å². The van der Waals surface area contributed by atoms with Crippen LogP contribution in [0, 0.1) is 5.92 Å². The van der Waals surface area contributed by atoms with Crippen molar-refractivity contribution in [2.45, 2.75) is 31.8 Å². The van der Waals surface area contributed by atoms with Gasteiger partial charge in [0.2, 0.25) is 5.91 Å². The van der Waals surface area contributed by atoms with E-state index < -0.39 is 6.04 Å². The zero-order valence-electron chi connectivity index (χ0n) is 12.5. The van der Waals surface area contributed by atoms with Gasteiger partial charge in [-0.2, -0.15) is 0 Å². The van der Waals surface area contributed by atoms with Gasteiger partial charge in [0.05, 0.1) is 16.8 Å². The van der Waals surface area contributed by atoms with E-state index in [-0.39, 0.29) is 17.6 Å². The number of amides is 1. The molecule has 0 saturated heterocycles. The van der Waals surface area contributed by atoms with Crippen molar-refractivity contribution in [3.05, 3.63) is 30.3 Å². The third kappa shape index (κ3) is 4.11. The third-order valence-corrected chi connectivity index (χ3v) is 4.22. The lowest BCUT2D eigenvalue weighted by Gasteiger charge is -2.19. The lowest BCUT2D eigenvalue weighted by molar-refractivity contribution is -0.126. The average molecular weight is 304 g/mol. The van der Waals surface area contributed by atoms with E-state index in [2.05, 4.69) is 10.3 Å². The normalized spacial score (nSPS) is 12.6. The van der Waals surface area contributed by atoms with Crippen molar-refractivity contribution in [2.24, 2.45) is 5.92 Å². The van der Waals surface area contributed by atoms with E-state index >= 15 is 0 Å². The Bertz CT molecular complexity index is 616. The van der Waals surface area contributed by atoms with Gasteiger partial charge in [0.1, 0.15) is 0 Å². The molecule has 0 fully saturated rings. The number of H-pyrrole nitrogens is 1. The summed E-state index contributed by atoms with van der Waals surface area (Å²) < 4.78 is 0. The van der Waals surface area contributed by atoms with Crippen molar-refractivity contribution >= 4 is 34.4 Å². The van der Waals surface area contributed by atoms with E-state index in [1.165, 1.54) is 18.7 Å². The second-order valence-electron chi connectivity index (χ2n) is 5.41. The Balaban J connectivity index is 1.93. The molecule has 4 nitrogen and oxygen atoms in total. The van der Waals surface area contributed by atoms with Crippen LogP contribution in [-0.4, -0.2) is 28.5 Å². The number of nitrogens with one attached hydrogen (secondary N) is 2. The van der Waals surface area contributed by atoms with E-state index in [1.807, 2.05) is 44.2 Å². The molecule has 0 aliphatic rings. The maximum Gasteiger partial charge on any atom is 0.231 e. The van der Waals surface area contributed by atoms with Gasteiger partial charge < -0.3 is 10.3 Å². The number of carbonyl (C=O) groups excluding carboxylic acids is 2. The maximum atomic E-state index is 12.0. The fourth-order valence-electron chi connectivity index (χ4n) is 2.22. The standard InChI is InChI=1S/C16H20N2O2S/c1-10(2)16(11(3)19)18-14(20)9-21-15-8-12-6-4-5-7-13(12)17-15/h4-8,10,16-17H,9H2,1-3H3,(H,18,20). The second-order valence-corrected chi connectivity index (χ2v) is 6.43. The number of ketones is 1. The average Bonchev–Trinajstić information content (AvgIpc) is 2.84. The van der Waals surface area contributed by atoms with Gasteiger partial charge in [0, 0.05) is 10.9 Å². The summed E-state index contributed by atoms with van der Waals surface area (Å²) in [6, 6.07) is 9.61. The van der Waals surface area contributed by atoms with Crippen molar-refractivity contribution in [3.8, 4) is 0 Å². The van der Waals surface area contributed by atoms with Crippen LogP contribution in [0.2, 0.25) is 0 Å². The molecule has 2 rings (SSSR count). The largest absolute Gasteiger partial charge is 0.350 e. The van der Waals surface area contributed by atoms with Crippen LogP contribution in [0.15, 0.2) is 35.4 Å². The lowest BCUT2D eigenvalue weighted by Crippen LogP contribution is -2.44. The molecule has 1 unspecified atom stereocenters. The first-order chi connectivity index (χ1) is 9.97. The molecule has 1 aromatic heterocycles. The molecule has 1 heterocycles. The molecule has 21 heavy (non-hydrogen) atoms. The van der Waals surface area contributed by atoms with Crippen molar-refractivity contribution in [3.63, 3.8) is 0 Å². The monoisotopic (exact) mass is 304 g/mol. The molecule has 1 atom stereocenters. The molecule has 1 amide bonds. The highest BCUT2D eigenvalue weighted by atomic mass is 32.2. The van der Waals surface area contributed by atoms with Crippen LogP contribution < -0.4 is 5.32 Å². The number of Topliss-reactive ketones (excluding diaryl/α,β-unsaturated/α-hetero) is 1. The number of hydrogen-bond acceptors (Lipinski definition) is 3. The van der Waals surface area contributed by atoms with Gasteiger partial charge in [0.25, 0.3) is 0 Å². The summed E-state index contributed by atoms with van der Waals surface area (Å²) in [5.74, 6) is 0.273. The molecule has 2 aromatic rings. The number of hydrogen-bond donors (Lipinski definition) is 2. The summed E-state index contributed by atoms with van der Waals surface area (Å²) in [7, 11) is 0. The summed E-state index contributed by atoms with van der Waals surface area (Å²) in [5.41, 5.74) is 1.06. The van der Waals surface area contributed by atoms with Crippen LogP contribution >= 0.6 is 11.8 Å². The summed E-state index contributed by atoms with van der Waals surface area (Å²) in [6.45, 7) is 5.37. The number of thioether (sulfide) groups is 1. The molecule has 2 N–H and O–H groups in total. The molecule has 0 radical (unpaired) electrons. The molecule has 0 aliphatic carbocycles. The van der Waals surface area contributed by atoms with E-state index in [9.17, 15) is 9.59 Å². The van der Waals surface area contributed by atoms with Crippen LogP contribution in [-0.2, 0) is 9.59 Å². The molecular weight excluding hydrogens is 284 g/mol. The Hall–Kier alpha value is -1.75. The summed E-state index contributed by atoms with van der Waals surface area (Å²) >= 11 is 1.44. The predicted molar refractivity (Wildman–Crippen MR) is 86.5 cm³/mol. The zero-order chi connectivity index (χ0) is 15.4. The number of para-hydroxylation sites is 1. The van der Waals surface area contributed by atoms with Gasteiger partial charge in [-0.25, -0.2) is 0 Å². The van der Waals surface area contributed by atoms with Gasteiger partial charge in [-0.05, 0) is 25.0 Å². The quantitative estimate of drug-likeness (QED) is 0.807. The first-order valence-electron chi connectivity index (χ1n) is 6.97. The van der Waals surface area contributed by atoms with Crippen LogP contribution in [0.3, 0.4) is 0 Å². The SMILES string of the molecule is CC(=O)C(NC(=O)CSc1cc2ccccc2[nH]1)C(C)C. The highest BCUT2D eigenvalue weighted by Gasteiger charge is 2.20. The molecule has 0 saturated carbocycles. The van der Waals surface area contributed by atoms with E-state index in [1.54, 1.807) is 0 Å². The molecule has 0 bridgehead atoms.